The van der Waals surface area contributed by atoms with Gasteiger partial charge in [0, 0.05) is 29.2 Å². The monoisotopic (exact) mass is 366 g/mol. The zero-order valence-electron chi connectivity index (χ0n) is 13.5. The lowest BCUT2D eigenvalue weighted by Gasteiger charge is -2.20. The summed E-state index contributed by atoms with van der Waals surface area (Å²) in [5.41, 5.74) is 1.93. The second kappa shape index (κ2) is 6.82. The Morgan fingerprint density at radius 1 is 1.36 bits per heavy atom. The maximum Gasteiger partial charge on any atom is 0.227 e. The van der Waals surface area contributed by atoms with Crippen LogP contribution in [0.4, 0.5) is 5.69 Å². The largest absolute Gasteiger partial charge is 0.353 e. The number of amides is 2. The van der Waals surface area contributed by atoms with Gasteiger partial charge < -0.3 is 10.2 Å². The molecule has 120 valence electrons. The van der Waals surface area contributed by atoms with Crippen LogP contribution in [0.15, 0.2) is 22.7 Å². The molecule has 5 heteroatoms. The van der Waals surface area contributed by atoms with Crippen LogP contribution in [-0.2, 0) is 9.59 Å². The minimum Gasteiger partial charge on any atom is -0.353 e. The lowest BCUT2D eigenvalue weighted by molar-refractivity contribution is -0.127. The molecular weight excluding hydrogens is 344 g/mol. The van der Waals surface area contributed by atoms with Crippen LogP contribution in [0, 0.1) is 18.8 Å². The smallest absolute Gasteiger partial charge is 0.227 e. The Morgan fingerprint density at radius 3 is 2.64 bits per heavy atom. The Bertz CT molecular complexity index is 586. The molecule has 1 fully saturated rings. The summed E-state index contributed by atoms with van der Waals surface area (Å²) < 4.78 is 1.02. The first-order valence-electron chi connectivity index (χ1n) is 7.66. The van der Waals surface area contributed by atoms with Crippen molar-refractivity contribution in [3.63, 3.8) is 0 Å². The van der Waals surface area contributed by atoms with Crippen molar-refractivity contribution in [3.05, 3.63) is 28.2 Å². The summed E-state index contributed by atoms with van der Waals surface area (Å²) in [6.45, 7) is 8.58. The van der Waals surface area contributed by atoms with E-state index in [2.05, 4.69) is 35.1 Å². The number of nitrogens with zero attached hydrogens (tertiary/aromatic N) is 1. The molecule has 4 nitrogen and oxygen atoms in total. The third-order valence-corrected chi connectivity index (χ3v) is 5.21. The van der Waals surface area contributed by atoms with Crippen LogP contribution < -0.4 is 10.2 Å². The van der Waals surface area contributed by atoms with E-state index in [1.807, 2.05) is 32.0 Å². The van der Waals surface area contributed by atoms with E-state index in [4.69, 9.17) is 0 Å². The fourth-order valence-electron chi connectivity index (χ4n) is 2.44. The second-order valence-corrected chi connectivity index (χ2v) is 7.23. The molecule has 1 saturated heterocycles. The first-order chi connectivity index (χ1) is 10.3. The molecule has 0 spiro atoms. The predicted molar refractivity (Wildman–Crippen MR) is 91.8 cm³/mol. The molecule has 2 amide bonds. The first kappa shape index (κ1) is 17.0. The Morgan fingerprint density at radius 2 is 2.05 bits per heavy atom. The van der Waals surface area contributed by atoms with E-state index in [9.17, 15) is 9.59 Å². The van der Waals surface area contributed by atoms with Crippen LogP contribution in [0.2, 0.25) is 0 Å². The van der Waals surface area contributed by atoms with Crippen molar-refractivity contribution in [1.29, 1.82) is 0 Å². The summed E-state index contributed by atoms with van der Waals surface area (Å²) in [6, 6.07) is 5.93. The number of benzene rings is 1. The lowest BCUT2D eigenvalue weighted by atomic mass is 10.0. The molecule has 1 heterocycles. The molecule has 2 unspecified atom stereocenters. The van der Waals surface area contributed by atoms with Gasteiger partial charge in [0.1, 0.15) is 0 Å². The summed E-state index contributed by atoms with van der Waals surface area (Å²) in [6.07, 6.45) is 0.283. The van der Waals surface area contributed by atoms with Crippen LogP contribution >= 0.6 is 15.9 Å². The van der Waals surface area contributed by atoms with Gasteiger partial charge in [0.25, 0.3) is 0 Å². The normalized spacial score (nSPS) is 19.6. The number of hydrogen-bond acceptors (Lipinski definition) is 2. The topological polar surface area (TPSA) is 49.4 Å². The number of halogens is 1. The summed E-state index contributed by atoms with van der Waals surface area (Å²) in [4.78, 5) is 26.3. The number of anilines is 1. The summed E-state index contributed by atoms with van der Waals surface area (Å²) in [7, 11) is 0. The van der Waals surface area contributed by atoms with Crippen molar-refractivity contribution in [2.24, 2.45) is 11.8 Å². The quantitative estimate of drug-likeness (QED) is 0.888. The maximum absolute atomic E-state index is 12.3. The van der Waals surface area contributed by atoms with Gasteiger partial charge in [-0.25, -0.2) is 0 Å². The van der Waals surface area contributed by atoms with Crippen LogP contribution in [0.25, 0.3) is 0 Å². The highest BCUT2D eigenvalue weighted by Gasteiger charge is 2.35. The number of carbonyl (C=O) groups is 2. The Balaban J connectivity index is 2.07. The van der Waals surface area contributed by atoms with E-state index in [0.717, 1.165) is 15.7 Å². The van der Waals surface area contributed by atoms with E-state index >= 15 is 0 Å². The molecule has 0 bridgehead atoms. The predicted octanol–water partition coefficient (Wildman–Crippen LogP) is 3.27. The minimum absolute atomic E-state index is 0.0130. The van der Waals surface area contributed by atoms with Crippen LogP contribution in [-0.4, -0.2) is 24.4 Å². The van der Waals surface area contributed by atoms with Crippen LogP contribution in [0.5, 0.6) is 0 Å². The van der Waals surface area contributed by atoms with Gasteiger partial charge in [-0.3, -0.25) is 9.59 Å². The lowest BCUT2D eigenvalue weighted by Crippen LogP contribution is -2.40. The third-order valence-electron chi connectivity index (χ3n) is 4.32. The number of nitrogens with one attached hydrogen (secondary N) is 1. The highest BCUT2D eigenvalue weighted by atomic mass is 79.9. The molecular formula is C17H23BrN2O2. The standard InChI is InChI=1S/C17H23BrN2O2/c1-10(2)12(4)19-17(22)13-8-16(21)20(9-13)14-5-6-15(18)11(3)7-14/h5-7,10,12-13H,8-9H2,1-4H3,(H,19,22). The van der Waals surface area contributed by atoms with Crippen molar-refractivity contribution < 1.29 is 9.59 Å². The third kappa shape index (κ3) is 3.69. The number of hydrogen-bond donors (Lipinski definition) is 1. The van der Waals surface area contributed by atoms with E-state index in [0.29, 0.717) is 12.5 Å². The van der Waals surface area contributed by atoms with Gasteiger partial charge in [-0.15, -0.1) is 0 Å². The molecule has 1 aliphatic heterocycles. The van der Waals surface area contributed by atoms with E-state index < -0.39 is 0 Å². The zero-order chi connectivity index (χ0) is 16.4. The molecule has 1 aliphatic rings. The van der Waals surface area contributed by atoms with Crippen molar-refractivity contribution in [2.45, 2.75) is 40.2 Å². The van der Waals surface area contributed by atoms with Gasteiger partial charge in [-0.1, -0.05) is 29.8 Å². The molecule has 0 aliphatic carbocycles. The summed E-state index contributed by atoms with van der Waals surface area (Å²) in [5, 5.41) is 3.01. The van der Waals surface area contributed by atoms with Crippen molar-refractivity contribution in [1.82, 2.24) is 5.32 Å². The van der Waals surface area contributed by atoms with Crippen LogP contribution in [0.1, 0.15) is 32.8 Å². The summed E-state index contributed by atoms with van der Waals surface area (Å²) in [5.74, 6) is 0.105. The Kier molecular flexibility index (Phi) is 5.27. The highest BCUT2D eigenvalue weighted by molar-refractivity contribution is 9.10. The van der Waals surface area contributed by atoms with Gasteiger partial charge in [-0.05, 0) is 43.5 Å². The van der Waals surface area contributed by atoms with Crippen LogP contribution in [0.3, 0.4) is 0 Å². The van der Waals surface area contributed by atoms with Crippen molar-refractivity contribution in [3.8, 4) is 0 Å². The fraction of sp³-hybridized carbons (Fsp3) is 0.529. The average Bonchev–Trinajstić information content (AvgIpc) is 2.84. The second-order valence-electron chi connectivity index (χ2n) is 6.38. The molecule has 0 radical (unpaired) electrons. The van der Waals surface area contributed by atoms with Gasteiger partial charge in [0.2, 0.25) is 11.8 Å². The first-order valence-corrected chi connectivity index (χ1v) is 8.45. The molecule has 1 N–H and O–H groups in total. The number of carbonyl (C=O) groups excluding carboxylic acids is 2. The van der Waals surface area contributed by atoms with Gasteiger partial charge in [0.05, 0.1) is 5.92 Å². The number of aryl methyl sites for hydroxylation is 1. The molecule has 0 saturated carbocycles. The minimum atomic E-state index is -0.266. The zero-order valence-corrected chi connectivity index (χ0v) is 15.1. The molecule has 1 aromatic carbocycles. The molecule has 1 aromatic rings. The van der Waals surface area contributed by atoms with Gasteiger partial charge in [-0.2, -0.15) is 0 Å². The van der Waals surface area contributed by atoms with Gasteiger partial charge in [0.15, 0.2) is 0 Å². The highest BCUT2D eigenvalue weighted by Crippen LogP contribution is 2.28. The fourth-order valence-corrected chi connectivity index (χ4v) is 2.69. The molecule has 2 atom stereocenters. The number of rotatable bonds is 4. The SMILES string of the molecule is Cc1cc(N2CC(C(=O)NC(C)C(C)C)CC2=O)ccc1Br. The average molecular weight is 367 g/mol. The summed E-state index contributed by atoms with van der Waals surface area (Å²) >= 11 is 3.46. The molecule has 22 heavy (non-hydrogen) atoms. The Hall–Kier alpha value is -1.36. The van der Waals surface area contributed by atoms with E-state index in [1.54, 1.807) is 4.90 Å². The van der Waals surface area contributed by atoms with Crippen molar-refractivity contribution >= 4 is 33.4 Å². The maximum atomic E-state index is 12.3. The van der Waals surface area contributed by atoms with Crippen molar-refractivity contribution in [2.75, 3.05) is 11.4 Å². The molecule has 2 rings (SSSR count). The van der Waals surface area contributed by atoms with E-state index in [-0.39, 0.29) is 30.2 Å². The molecule has 0 aromatic heterocycles. The Labute approximate surface area is 140 Å². The van der Waals surface area contributed by atoms with E-state index in [1.165, 1.54) is 0 Å². The van der Waals surface area contributed by atoms with Gasteiger partial charge >= 0.3 is 0 Å².